The summed E-state index contributed by atoms with van der Waals surface area (Å²) in [6.07, 6.45) is 4.17. The third kappa shape index (κ3) is 5.65. The zero-order valence-corrected chi connectivity index (χ0v) is 20.7. The van der Waals surface area contributed by atoms with Gasteiger partial charge in [-0.1, -0.05) is 21.9 Å². The normalized spacial score (nSPS) is 11.7. The summed E-state index contributed by atoms with van der Waals surface area (Å²) in [5.74, 6) is 11.0. The smallest absolute Gasteiger partial charge is 0.353 e. The lowest BCUT2D eigenvalue weighted by Crippen LogP contribution is -2.57. The number of nitrogens with zero attached hydrogens (tertiary/aromatic N) is 8. The number of rotatable bonds is 7. The molecule has 0 aliphatic rings. The van der Waals surface area contributed by atoms with Gasteiger partial charge < -0.3 is 16.4 Å². The highest BCUT2D eigenvalue weighted by Gasteiger charge is 2.13. The van der Waals surface area contributed by atoms with E-state index >= 15 is 0 Å². The number of carbonyl (C=O) groups is 1. The molecule has 4 rings (SSSR count). The van der Waals surface area contributed by atoms with E-state index in [2.05, 4.69) is 25.3 Å². The van der Waals surface area contributed by atoms with Crippen molar-refractivity contribution in [3.05, 3.63) is 104 Å². The van der Waals surface area contributed by atoms with Gasteiger partial charge in [0.15, 0.2) is 0 Å². The summed E-state index contributed by atoms with van der Waals surface area (Å²) < 4.78 is 8.79. The van der Waals surface area contributed by atoms with Crippen LogP contribution in [-0.2, 0) is 13.1 Å². The molecule has 0 saturated heterocycles. The topological polar surface area (TPSA) is 190 Å². The number of hydrogen-bond acceptors (Lipinski definition) is 9. The number of benzene rings is 1. The Morgan fingerprint density at radius 1 is 1.03 bits per heavy atom. The molecule has 3 heterocycles. The van der Waals surface area contributed by atoms with E-state index in [1.807, 2.05) is 0 Å². The molecule has 0 bridgehead atoms. The quantitative estimate of drug-likeness (QED) is 0.202. The maximum absolute atomic E-state index is 13.1. The third-order valence-corrected chi connectivity index (χ3v) is 5.41. The fourth-order valence-corrected chi connectivity index (χ4v) is 3.50. The van der Waals surface area contributed by atoms with E-state index in [0.29, 0.717) is 22.2 Å². The molecule has 0 unspecified atom stereocenters. The first-order valence-corrected chi connectivity index (χ1v) is 11.4. The molecule has 4 aromatic rings. The fourth-order valence-electron chi connectivity index (χ4n) is 3.39. The van der Waals surface area contributed by atoms with Crippen molar-refractivity contribution < 1.29 is 9.53 Å². The summed E-state index contributed by atoms with van der Waals surface area (Å²) in [5.41, 5.74) is -0.350. The Bertz CT molecular complexity index is 1690. The van der Waals surface area contributed by atoms with Gasteiger partial charge in [0.25, 0.3) is 5.91 Å². The number of pyridine rings is 2. The maximum Gasteiger partial charge on any atom is 0.353 e. The lowest BCUT2D eigenvalue weighted by Gasteiger charge is -2.13. The van der Waals surface area contributed by atoms with Crippen molar-refractivity contribution in [3.63, 3.8) is 0 Å². The van der Waals surface area contributed by atoms with Crippen LogP contribution in [0, 0.1) is 0 Å². The van der Waals surface area contributed by atoms with Crippen molar-refractivity contribution in [2.24, 2.45) is 21.2 Å². The number of nitrogen functional groups attached to an aromatic ring is 1. The minimum Gasteiger partial charge on any atom is -0.456 e. The van der Waals surface area contributed by atoms with Gasteiger partial charge in [0.2, 0.25) is 5.62 Å². The Morgan fingerprint density at radius 2 is 1.79 bits per heavy atom. The minimum absolute atomic E-state index is 0.000701. The molecular weight excluding hydrogens is 516 g/mol. The molecule has 194 valence electrons. The standard InChI is InChI=1S/C23H21ClN10O4/c1-2-32-22(36)33(13-17-4-3-15(24)11-28-17)21(34(26)23(32)37)29-16-5-7-18(8-6-16)38-19-9-14(10-27-12-19)20(35)30-31-25/h3-12H,2,13,26H2,1H3,(H2,25,30,35)/b29-21-. The lowest BCUT2D eigenvalue weighted by atomic mass is 10.2. The molecule has 0 aliphatic heterocycles. The van der Waals surface area contributed by atoms with Crippen LogP contribution in [-0.4, -0.2) is 29.7 Å². The average Bonchev–Trinajstić information content (AvgIpc) is 2.92. The van der Waals surface area contributed by atoms with Gasteiger partial charge in [-0.05, 0) is 49.4 Å². The lowest BCUT2D eigenvalue weighted by molar-refractivity contribution is 0.0993. The van der Waals surface area contributed by atoms with E-state index < -0.39 is 17.3 Å². The van der Waals surface area contributed by atoms with Crippen LogP contribution < -0.4 is 33.4 Å². The third-order valence-electron chi connectivity index (χ3n) is 5.19. The van der Waals surface area contributed by atoms with Crippen molar-refractivity contribution >= 4 is 23.2 Å². The highest BCUT2D eigenvalue weighted by Crippen LogP contribution is 2.24. The number of nitrogens with two attached hydrogens (primary N) is 2. The molecule has 0 radical (unpaired) electrons. The zero-order chi connectivity index (χ0) is 27.2. The van der Waals surface area contributed by atoms with Crippen molar-refractivity contribution in [3.8, 4) is 11.5 Å². The molecule has 4 N–H and O–H groups in total. The van der Waals surface area contributed by atoms with Crippen LogP contribution in [0.4, 0.5) is 5.69 Å². The number of ether oxygens (including phenoxy) is 1. The number of aromatic nitrogens is 5. The van der Waals surface area contributed by atoms with Crippen LogP contribution in [0.2, 0.25) is 5.02 Å². The number of halogens is 1. The van der Waals surface area contributed by atoms with E-state index in [9.17, 15) is 14.4 Å². The van der Waals surface area contributed by atoms with E-state index in [-0.39, 0.29) is 30.0 Å². The summed E-state index contributed by atoms with van der Waals surface area (Å²) in [5, 5.41) is 6.65. The van der Waals surface area contributed by atoms with Crippen LogP contribution >= 0.6 is 11.6 Å². The van der Waals surface area contributed by atoms with Crippen LogP contribution in [0.1, 0.15) is 23.0 Å². The van der Waals surface area contributed by atoms with E-state index in [1.165, 1.54) is 29.2 Å². The summed E-state index contributed by atoms with van der Waals surface area (Å²) in [6, 6.07) is 11.1. The van der Waals surface area contributed by atoms with E-state index in [0.717, 1.165) is 9.24 Å². The minimum atomic E-state index is -0.715. The molecule has 0 spiro atoms. The highest BCUT2D eigenvalue weighted by molar-refractivity contribution is 6.30. The molecule has 0 atom stereocenters. The van der Waals surface area contributed by atoms with Crippen molar-refractivity contribution in [1.82, 2.24) is 23.8 Å². The van der Waals surface area contributed by atoms with Crippen LogP contribution in [0.25, 0.3) is 0 Å². The Morgan fingerprint density at radius 3 is 2.45 bits per heavy atom. The van der Waals surface area contributed by atoms with Gasteiger partial charge >= 0.3 is 11.4 Å². The largest absolute Gasteiger partial charge is 0.456 e. The van der Waals surface area contributed by atoms with Gasteiger partial charge in [-0.25, -0.2) is 19.1 Å². The first kappa shape index (κ1) is 26.0. The Hall–Kier alpha value is -5.11. The van der Waals surface area contributed by atoms with Crippen molar-refractivity contribution in [1.29, 1.82) is 0 Å². The molecule has 14 nitrogen and oxygen atoms in total. The monoisotopic (exact) mass is 536 g/mol. The molecule has 0 fully saturated rings. The second-order valence-corrected chi connectivity index (χ2v) is 8.11. The van der Waals surface area contributed by atoms with Gasteiger partial charge in [0, 0.05) is 18.9 Å². The van der Waals surface area contributed by atoms with Gasteiger partial charge in [0.05, 0.1) is 34.7 Å². The van der Waals surface area contributed by atoms with Gasteiger partial charge in [0.1, 0.15) is 11.5 Å². The van der Waals surface area contributed by atoms with Crippen LogP contribution in [0.3, 0.4) is 0 Å². The summed E-state index contributed by atoms with van der Waals surface area (Å²) in [7, 11) is 0. The summed E-state index contributed by atoms with van der Waals surface area (Å²) in [6.45, 7) is 1.78. The van der Waals surface area contributed by atoms with Gasteiger partial charge in [-0.3, -0.25) is 19.3 Å². The number of carbonyl (C=O) groups excluding carboxylic acids is 1. The molecular formula is C23H21ClN10O4. The Kier molecular flexibility index (Phi) is 7.72. The highest BCUT2D eigenvalue weighted by atomic mass is 35.5. The van der Waals surface area contributed by atoms with Gasteiger partial charge in [-0.15, -0.1) is 0 Å². The number of hydrogen-bond donors (Lipinski definition) is 2. The first-order valence-electron chi connectivity index (χ1n) is 11.1. The Labute approximate surface area is 219 Å². The molecule has 15 heteroatoms. The molecule has 0 saturated carbocycles. The zero-order valence-electron chi connectivity index (χ0n) is 19.9. The summed E-state index contributed by atoms with van der Waals surface area (Å²) >= 11 is 5.92. The van der Waals surface area contributed by atoms with Crippen molar-refractivity contribution in [2.45, 2.75) is 20.0 Å². The predicted molar refractivity (Wildman–Crippen MR) is 136 cm³/mol. The van der Waals surface area contributed by atoms with Crippen LogP contribution in [0.15, 0.2) is 86.0 Å². The molecule has 38 heavy (non-hydrogen) atoms. The maximum atomic E-state index is 13.1. The molecule has 1 aromatic carbocycles. The number of amides is 1. The Balaban J connectivity index is 1.70. The molecule has 1 amide bonds. The average molecular weight is 537 g/mol. The van der Waals surface area contributed by atoms with E-state index in [1.54, 1.807) is 43.3 Å². The van der Waals surface area contributed by atoms with E-state index in [4.69, 9.17) is 28.0 Å². The SMILES string of the molecule is CCn1c(=O)n(N)/c(=N\c2ccc(Oc3cncc(C(=O)N=NN)c3)cc2)n(Cc2ccc(Cl)cn2)c1=O. The fraction of sp³-hybridized carbons (Fsp3) is 0.130. The van der Waals surface area contributed by atoms with Gasteiger partial charge in [-0.2, -0.15) is 4.68 Å². The van der Waals surface area contributed by atoms with Crippen LogP contribution in [0.5, 0.6) is 11.5 Å². The second-order valence-electron chi connectivity index (χ2n) is 7.67. The second kappa shape index (κ2) is 11.3. The predicted octanol–water partition coefficient (Wildman–Crippen LogP) is 1.53. The van der Waals surface area contributed by atoms with Crippen molar-refractivity contribution in [2.75, 3.05) is 5.84 Å². The molecule has 3 aromatic heterocycles. The molecule has 0 aliphatic carbocycles. The summed E-state index contributed by atoms with van der Waals surface area (Å²) in [4.78, 5) is 50.2. The first-order chi connectivity index (χ1) is 18.3.